The molecule has 7 heteroatoms. The van der Waals surface area contributed by atoms with Crippen molar-refractivity contribution in [2.75, 3.05) is 5.75 Å². The Balaban J connectivity index is 1.93. The first-order valence-electron chi connectivity index (χ1n) is 5.80. The second-order valence-electron chi connectivity index (χ2n) is 4.05. The molecule has 0 aliphatic rings. The Morgan fingerprint density at radius 2 is 1.95 bits per heavy atom. The third-order valence-corrected chi connectivity index (χ3v) is 3.97. The maximum atomic E-state index is 11.7. The number of benzene rings is 1. The summed E-state index contributed by atoms with van der Waals surface area (Å²) in [6.45, 7) is 0. The molecular formula is C13H9N5OS. The van der Waals surface area contributed by atoms with E-state index in [1.807, 2.05) is 18.2 Å². The summed E-state index contributed by atoms with van der Waals surface area (Å²) < 4.78 is 11.7. The molecule has 0 amide bonds. The van der Waals surface area contributed by atoms with Crippen LogP contribution in [0, 0.1) is 11.3 Å². The number of hydrogen-bond donors (Lipinski definition) is 1. The highest BCUT2D eigenvalue weighted by Gasteiger charge is 2.11. The van der Waals surface area contributed by atoms with Gasteiger partial charge in [-0.2, -0.15) is 15.5 Å². The van der Waals surface area contributed by atoms with Gasteiger partial charge in [-0.1, -0.05) is 0 Å². The normalized spacial score (nSPS) is 12.2. The molecule has 0 spiro atoms. The first-order valence-corrected chi connectivity index (χ1v) is 7.12. The number of fused-ring (bicyclic) bond motifs is 1. The minimum Gasteiger partial charge on any atom is -0.611 e. The van der Waals surface area contributed by atoms with Gasteiger partial charge < -0.3 is 9.54 Å². The van der Waals surface area contributed by atoms with Crippen LogP contribution in [0.2, 0.25) is 0 Å². The molecule has 1 unspecified atom stereocenters. The molecule has 0 aliphatic heterocycles. The average molecular weight is 283 g/mol. The highest BCUT2D eigenvalue weighted by Crippen LogP contribution is 2.21. The van der Waals surface area contributed by atoms with Crippen molar-refractivity contribution in [1.82, 2.24) is 20.2 Å². The van der Waals surface area contributed by atoms with Gasteiger partial charge in [0.05, 0.1) is 17.9 Å². The Bertz CT molecular complexity index is 744. The first kappa shape index (κ1) is 12.6. The molecule has 0 saturated heterocycles. The Labute approximate surface area is 117 Å². The molecule has 2 heterocycles. The number of hydrogen-bond acceptors (Lipinski definition) is 5. The SMILES string of the molecule is N#CC[S+]([O-])c1ccc(-c2nc3cnncc3[nH]2)cc1. The van der Waals surface area contributed by atoms with E-state index in [-0.39, 0.29) is 5.75 Å². The van der Waals surface area contributed by atoms with Gasteiger partial charge >= 0.3 is 0 Å². The number of imidazole rings is 1. The average Bonchev–Trinajstić information content (AvgIpc) is 2.91. The summed E-state index contributed by atoms with van der Waals surface area (Å²) in [5, 5.41) is 16.1. The highest BCUT2D eigenvalue weighted by molar-refractivity contribution is 7.91. The summed E-state index contributed by atoms with van der Waals surface area (Å²) in [5.74, 6) is 0.703. The monoisotopic (exact) mass is 283 g/mol. The van der Waals surface area contributed by atoms with Gasteiger partial charge in [0.1, 0.15) is 17.4 Å². The van der Waals surface area contributed by atoms with Gasteiger partial charge in [0.25, 0.3) is 0 Å². The molecule has 20 heavy (non-hydrogen) atoms. The van der Waals surface area contributed by atoms with E-state index in [9.17, 15) is 4.55 Å². The van der Waals surface area contributed by atoms with Crippen LogP contribution >= 0.6 is 0 Å². The van der Waals surface area contributed by atoms with Crippen LogP contribution in [0.1, 0.15) is 0 Å². The number of nitrogens with zero attached hydrogens (tertiary/aromatic N) is 4. The second-order valence-corrected chi connectivity index (χ2v) is 5.50. The molecular weight excluding hydrogens is 274 g/mol. The lowest BCUT2D eigenvalue weighted by Gasteiger charge is -2.06. The van der Waals surface area contributed by atoms with Gasteiger partial charge in [0.2, 0.25) is 0 Å². The van der Waals surface area contributed by atoms with Crippen molar-refractivity contribution in [2.24, 2.45) is 0 Å². The van der Waals surface area contributed by atoms with Crippen molar-refractivity contribution >= 4 is 22.2 Å². The summed E-state index contributed by atoms with van der Waals surface area (Å²) in [6.07, 6.45) is 3.20. The van der Waals surface area contributed by atoms with E-state index in [0.717, 1.165) is 16.6 Å². The van der Waals surface area contributed by atoms with Gasteiger partial charge in [-0.15, -0.1) is 0 Å². The Morgan fingerprint density at radius 3 is 2.65 bits per heavy atom. The zero-order chi connectivity index (χ0) is 13.9. The molecule has 0 bridgehead atoms. The quantitative estimate of drug-likeness (QED) is 0.736. The van der Waals surface area contributed by atoms with E-state index >= 15 is 0 Å². The number of rotatable bonds is 3. The molecule has 0 saturated carbocycles. The topological polar surface area (TPSA) is 101 Å². The Kier molecular flexibility index (Phi) is 3.33. The van der Waals surface area contributed by atoms with Crippen LogP contribution in [-0.2, 0) is 11.2 Å². The smallest absolute Gasteiger partial charge is 0.196 e. The number of H-pyrrole nitrogens is 1. The summed E-state index contributed by atoms with van der Waals surface area (Å²) >= 11 is -1.27. The third kappa shape index (κ3) is 2.34. The standard InChI is InChI=1S/C13H9N5OS/c14-5-6-20(19)10-3-1-9(2-4-10)13-17-11-7-15-16-8-12(11)18-13/h1-4,7-8H,6H2,(H,17,18). The van der Waals surface area contributed by atoms with E-state index in [0.29, 0.717) is 10.7 Å². The zero-order valence-corrected chi connectivity index (χ0v) is 11.1. The maximum Gasteiger partial charge on any atom is 0.196 e. The van der Waals surface area contributed by atoms with Gasteiger partial charge in [-0.25, -0.2) is 4.98 Å². The fourth-order valence-electron chi connectivity index (χ4n) is 1.82. The predicted molar refractivity (Wildman–Crippen MR) is 74.0 cm³/mol. The molecule has 0 radical (unpaired) electrons. The first-order chi connectivity index (χ1) is 9.78. The number of aromatic amines is 1. The van der Waals surface area contributed by atoms with Crippen LogP contribution in [0.15, 0.2) is 41.6 Å². The van der Waals surface area contributed by atoms with E-state index in [1.54, 1.807) is 24.5 Å². The van der Waals surface area contributed by atoms with Gasteiger partial charge in [-0.05, 0) is 35.4 Å². The van der Waals surface area contributed by atoms with Gasteiger partial charge in [0, 0.05) is 5.56 Å². The number of nitriles is 1. The third-order valence-electron chi connectivity index (χ3n) is 2.78. The van der Waals surface area contributed by atoms with E-state index in [2.05, 4.69) is 20.2 Å². The molecule has 1 atom stereocenters. The Hall–Kier alpha value is -2.43. The van der Waals surface area contributed by atoms with Crippen molar-refractivity contribution in [3.8, 4) is 17.5 Å². The molecule has 0 fully saturated rings. The molecule has 0 aliphatic carbocycles. The highest BCUT2D eigenvalue weighted by atomic mass is 32.2. The van der Waals surface area contributed by atoms with Crippen molar-refractivity contribution in [2.45, 2.75) is 4.90 Å². The van der Waals surface area contributed by atoms with E-state index < -0.39 is 11.2 Å². The lowest BCUT2D eigenvalue weighted by molar-refractivity contribution is 0.598. The summed E-state index contributed by atoms with van der Waals surface area (Å²) in [7, 11) is 0. The molecule has 3 aromatic rings. The van der Waals surface area contributed by atoms with Crippen LogP contribution in [0.4, 0.5) is 0 Å². The largest absolute Gasteiger partial charge is 0.611 e. The predicted octanol–water partition coefficient (Wildman–Crippen LogP) is 1.65. The fraction of sp³-hybridized carbons (Fsp3) is 0.0769. The number of nitrogens with one attached hydrogen (secondary N) is 1. The van der Waals surface area contributed by atoms with E-state index in [4.69, 9.17) is 5.26 Å². The molecule has 1 aromatic carbocycles. The molecule has 3 rings (SSSR count). The summed E-state index contributed by atoms with van der Waals surface area (Å²) in [6, 6.07) is 9.03. The van der Waals surface area contributed by atoms with Crippen molar-refractivity contribution < 1.29 is 4.55 Å². The summed E-state index contributed by atoms with van der Waals surface area (Å²) in [5.41, 5.74) is 2.43. The lowest BCUT2D eigenvalue weighted by atomic mass is 10.2. The minimum absolute atomic E-state index is 0.00131. The zero-order valence-electron chi connectivity index (χ0n) is 10.3. The molecule has 6 nitrogen and oxygen atoms in total. The van der Waals surface area contributed by atoms with Crippen LogP contribution in [0.25, 0.3) is 22.4 Å². The van der Waals surface area contributed by atoms with Crippen LogP contribution in [0.3, 0.4) is 0 Å². The molecule has 2 aromatic heterocycles. The maximum absolute atomic E-state index is 11.7. The van der Waals surface area contributed by atoms with Crippen LogP contribution in [-0.4, -0.2) is 30.5 Å². The summed E-state index contributed by atoms with van der Waals surface area (Å²) in [4.78, 5) is 8.19. The molecule has 98 valence electrons. The van der Waals surface area contributed by atoms with Crippen LogP contribution in [0.5, 0.6) is 0 Å². The Morgan fingerprint density at radius 1 is 1.20 bits per heavy atom. The fourth-order valence-corrected chi connectivity index (χ4v) is 2.54. The molecule has 1 N–H and O–H groups in total. The van der Waals surface area contributed by atoms with Gasteiger partial charge in [0.15, 0.2) is 10.6 Å². The second kappa shape index (κ2) is 5.28. The van der Waals surface area contributed by atoms with Crippen molar-refractivity contribution in [1.29, 1.82) is 5.26 Å². The number of aromatic nitrogens is 4. The van der Waals surface area contributed by atoms with E-state index in [1.165, 1.54) is 0 Å². The van der Waals surface area contributed by atoms with Gasteiger partial charge in [-0.3, -0.25) is 0 Å². The minimum atomic E-state index is -1.27. The van der Waals surface area contributed by atoms with Crippen LogP contribution < -0.4 is 0 Å². The lowest BCUT2D eigenvalue weighted by Crippen LogP contribution is -2.04. The van der Waals surface area contributed by atoms with Crippen molar-refractivity contribution in [3.63, 3.8) is 0 Å². The van der Waals surface area contributed by atoms with Crippen molar-refractivity contribution in [3.05, 3.63) is 36.7 Å².